The van der Waals surface area contributed by atoms with Gasteiger partial charge in [0.05, 0.1) is 19.1 Å². The molecular weight excluding hydrogens is 464 g/mol. The molecule has 1 aromatic heterocycles. The zero-order valence-corrected chi connectivity index (χ0v) is 20.8. The monoisotopic (exact) mass is 494 g/mol. The third-order valence-corrected chi connectivity index (χ3v) is 6.95. The average Bonchev–Trinajstić information content (AvgIpc) is 2.89. The summed E-state index contributed by atoms with van der Waals surface area (Å²) in [6.45, 7) is 0.284. The molecule has 0 bridgehead atoms. The Balaban J connectivity index is 1.64. The molecule has 0 aliphatic rings. The van der Waals surface area contributed by atoms with Crippen molar-refractivity contribution in [1.82, 2.24) is 9.71 Å². The van der Waals surface area contributed by atoms with Gasteiger partial charge in [0.15, 0.2) is 0 Å². The zero-order valence-electron chi connectivity index (χ0n) is 19.9. The number of rotatable bonds is 12. The number of carbonyl (C=O) groups is 1. The minimum absolute atomic E-state index is 0.201. The predicted molar refractivity (Wildman–Crippen MR) is 136 cm³/mol. The first-order valence-corrected chi connectivity index (χ1v) is 12.8. The number of hydrogen-bond donors (Lipinski definition) is 1. The molecule has 184 valence electrons. The summed E-state index contributed by atoms with van der Waals surface area (Å²) in [6.07, 6.45) is 8.01. The molecule has 0 saturated carbocycles. The highest BCUT2D eigenvalue weighted by molar-refractivity contribution is 7.89. The van der Waals surface area contributed by atoms with Gasteiger partial charge in [-0.2, -0.15) is 0 Å². The Hall–Kier alpha value is -3.49. The van der Waals surface area contributed by atoms with E-state index in [4.69, 9.17) is 9.47 Å². The van der Waals surface area contributed by atoms with Gasteiger partial charge in [-0.05, 0) is 66.3 Å². The van der Waals surface area contributed by atoms with Gasteiger partial charge < -0.3 is 9.47 Å². The number of esters is 1. The molecule has 8 heteroatoms. The summed E-state index contributed by atoms with van der Waals surface area (Å²) in [5.74, 6) is 0.389. The summed E-state index contributed by atoms with van der Waals surface area (Å²) < 4.78 is 37.5. The van der Waals surface area contributed by atoms with E-state index < -0.39 is 10.0 Å². The molecule has 0 amide bonds. The van der Waals surface area contributed by atoms with Gasteiger partial charge in [-0.1, -0.05) is 36.4 Å². The van der Waals surface area contributed by atoms with Crippen molar-refractivity contribution >= 4 is 21.6 Å². The lowest BCUT2D eigenvalue weighted by Crippen LogP contribution is -2.25. The maximum Gasteiger partial charge on any atom is 0.305 e. The summed E-state index contributed by atoms with van der Waals surface area (Å²) in [4.78, 5) is 15.8. The van der Waals surface area contributed by atoms with Crippen LogP contribution in [0.2, 0.25) is 0 Å². The Labute approximate surface area is 206 Å². The number of methoxy groups -OCH3 is 2. The van der Waals surface area contributed by atoms with Gasteiger partial charge in [-0.25, -0.2) is 13.1 Å². The molecule has 1 N–H and O–H groups in total. The van der Waals surface area contributed by atoms with Gasteiger partial charge in [-0.3, -0.25) is 9.78 Å². The fraction of sp³-hybridized carbons (Fsp3) is 0.259. The van der Waals surface area contributed by atoms with E-state index >= 15 is 0 Å². The lowest BCUT2D eigenvalue weighted by atomic mass is 9.96. The number of hydrogen-bond acceptors (Lipinski definition) is 6. The third kappa shape index (κ3) is 7.77. The van der Waals surface area contributed by atoms with Crippen LogP contribution in [-0.2, 0) is 26.0 Å². The quantitative estimate of drug-likeness (QED) is 0.297. The summed E-state index contributed by atoms with van der Waals surface area (Å²) in [5.41, 5.74) is 4.07. The van der Waals surface area contributed by atoms with E-state index in [0.717, 1.165) is 28.7 Å². The minimum atomic E-state index is -3.59. The van der Waals surface area contributed by atoms with E-state index in [-0.39, 0.29) is 17.4 Å². The van der Waals surface area contributed by atoms with Crippen molar-refractivity contribution < 1.29 is 22.7 Å². The number of carbonyl (C=O) groups excluding carboxylic acids is 1. The van der Waals surface area contributed by atoms with Crippen molar-refractivity contribution in [2.24, 2.45) is 0 Å². The Morgan fingerprint density at radius 3 is 2.37 bits per heavy atom. The van der Waals surface area contributed by atoms with Crippen LogP contribution < -0.4 is 9.46 Å². The first kappa shape index (κ1) is 26.1. The van der Waals surface area contributed by atoms with Gasteiger partial charge in [0.2, 0.25) is 10.0 Å². The van der Waals surface area contributed by atoms with Crippen molar-refractivity contribution in [3.05, 3.63) is 95.8 Å². The van der Waals surface area contributed by atoms with Crippen molar-refractivity contribution in [2.45, 2.75) is 30.6 Å². The minimum Gasteiger partial charge on any atom is -0.497 e. The largest absolute Gasteiger partial charge is 0.497 e. The standard InChI is InChI=1S/C27H30N2O5S/c1-33-24-13-15-25(16-14-24)35(31,32)29-19-17-21-9-11-22(12-10-21)26(23-6-5-18-28-20-23)7-3-4-8-27(30)34-2/h5-7,9-16,18,20,29H,3-4,8,17,19H2,1-2H3/b26-7+. The molecule has 1 heterocycles. The van der Waals surface area contributed by atoms with E-state index in [1.807, 2.05) is 42.6 Å². The normalized spacial score (nSPS) is 11.8. The van der Waals surface area contributed by atoms with Gasteiger partial charge in [0.1, 0.15) is 5.75 Å². The van der Waals surface area contributed by atoms with Crippen molar-refractivity contribution in [1.29, 1.82) is 0 Å². The zero-order chi connectivity index (χ0) is 25.1. The van der Waals surface area contributed by atoms with Crippen LogP contribution >= 0.6 is 0 Å². The van der Waals surface area contributed by atoms with Gasteiger partial charge >= 0.3 is 5.97 Å². The summed E-state index contributed by atoms with van der Waals surface area (Å²) in [7, 11) is -0.659. The number of nitrogens with one attached hydrogen (secondary N) is 1. The average molecular weight is 495 g/mol. The number of allylic oxidation sites excluding steroid dienone is 1. The topological polar surface area (TPSA) is 94.6 Å². The predicted octanol–water partition coefficient (Wildman–Crippen LogP) is 4.39. The second-order valence-electron chi connectivity index (χ2n) is 7.85. The third-order valence-electron chi connectivity index (χ3n) is 5.47. The van der Waals surface area contributed by atoms with E-state index in [9.17, 15) is 13.2 Å². The molecule has 0 saturated heterocycles. The molecule has 7 nitrogen and oxygen atoms in total. The molecular formula is C27H30N2O5S. The number of sulfonamides is 1. The van der Waals surface area contributed by atoms with E-state index in [2.05, 4.69) is 15.8 Å². The van der Waals surface area contributed by atoms with Crippen LogP contribution in [0.5, 0.6) is 5.75 Å². The molecule has 0 unspecified atom stereocenters. The molecule has 0 atom stereocenters. The van der Waals surface area contributed by atoms with Crippen LogP contribution in [0.15, 0.2) is 84.0 Å². The van der Waals surface area contributed by atoms with E-state index in [1.165, 1.54) is 26.4 Å². The molecule has 35 heavy (non-hydrogen) atoms. The van der Waals surface area contributed by atoms with Crippen LogP contribution in [0, 0.1) is 0 Å². The maximum atomic E-state index is 12.5. The fourth-order valence-corrected chi connectivity index (χ4v) is 4.57. The molecule has 0 aliphatic heterocycles. The van der Waals surface area contributed by atoms with Crippen LogP contribution in [-0.4, -0.2) is 40.1 Å². The van der Waals surface area contributed by atoms with Crippen molar-refractivity contribution in [3.63, 3.8) is 0 Å². The first-order valence-electron chi connectivity index (χ1n) is 11.3. The summed E-state index contributed by atoms with van der Waals surface area (Å²) >= 11 is 0. The van der Waals surface area contributed by atoms with Crippen LogP contribution in [0.25, 0.3) is 5.57 Å². The first-order chi connectivity index (χ1) is 16.9. The second kappa shape index (κ2) is 12.8. The van der Waals surface area contributed by atoms with Crippen molar-refractivity contribution in [3.8, 4) is 5.75 Å². The van der Waals surface area contributed by atoms with Crippen LogP contribution in [0.3, 0.4) is 0 Å². The molecule has 3 rings (SSSR count). The number of nitrogens with zero attached hydrogens (tertiary/aromatic N) is 1. The smallest absolute Gasteiger partial charge is 0.305 e. The van der Waals surface area contributed by atoms with Gasteiger partial charge in [-0.15, -0.1) is 0 Å². The molecule has 2 aromatic carbocycles. The van der Waals surface area contributed by atoms with E-state index in [0.29, 0.717) is 25.0 Å². The van der Waals surface area contributed by atoms with Crippen molar-refractivity contribution in [2.75, 3.05) is 20.8 Å². The molecule has 3 aromatic rings. The number of aromatic nitrogens is 1. The van der Waals surface area contributed by atoms with Crippen LogP contribution in [0.4, 0.5) is 0 Å². The van der Waals surface area contributed by atoms with Crippen LogP contribution in [0.1, 0.15) is 36.0 Å². The Bertz CT molecular complexity index is 1220. The Morgan fingerprint density at radius 2 is 1.74 bits per heavy atom. The Kier molecular flexibility index (Phi) is 9.57. The number of unbranched alkanes of at least 4 members (excludes halogenated alkanes) is 1. The summed E-state index contributed by atoms with van der Waals surface area (Å²) in [6, 6.07) is 18.2. The fourth-order valence-electron chi connectivity index (χ4n) is 3.54. The lowest BCUT2D eigenvalue weighted by molar-refractivity contribution is -0.140. The second-order valence-corrected chi connectivity index (χ2v) is 9.62. The molecule has 0 spiro atoms. The highest BCUT2D eigenvalue weighted by Crippen LogP contribution is 2.24. The van der Waals surface area contributed by atoms with Gasteiger partial charge in [0, 0.05) is 30.9 Å². The lowest BCUT2D eigenvalue weighted by Gasteiger charge is -2.11. The Morgan fingerprint density at radius 1 is 1.00 bits per heavy atom. The highest BCUT2D eigenvalue weighted by atomic mass is 32.2. The molecule has 0 aliphatic carbocycles. The highest BCUT2D eigenvalue weighted by Gasteiger charge is 2.13. The summed E-state index contributed by atoms with van der Waals surface area (Å²) in [5, 5.41) is 0. The molecule has 0 fully saturated rings. The number of benzene rings is 2. The van der Waals surface area contributed by atoms with E-state index in [1.54, 1.807) is 18.3 Å². The SMILES string of the molecule is COC(=O)CCC/C=C(\c1ccc(CCNS(=O)(=O)c2ccc(OC)cc2)cc1)c1cccnc1. The molecule has 0 radical (unpaired) electrons. The number of ether oxygens (including phenoxy) is 2. The number of pyridine rings is 1. The van der Waals surface area contributed by atoms with Gasteiger partial charge in [0.25, 0.3) is 0 Å². The maximum absolute atomic E-state index is 12.5.